The highest BCUT2D eigenvalue weighted by Gasteiger charge is 2.43. The standard InChI is InChI=1S/C24H18ClF5N2O/c25-18-7-8-21(31-13-18)23(32-22(33)14-5-6-14,12-15-3-1-2-4-20(15)27)16-9-17(24(28,29)30)11-19(26)10-16/h1-4,7-11,13-14H,5-6,12H2,(H,32,33). The van der Waals surface area contributed by atoms with Gasteiger partial charge in [-0.15, -0.1) is 0 Å². The monoisotopic (exact) mass is 480 g/mol. The number of amides is 1. The Labute approximate surface area is 191 Å². The van der Waals surface area contributed by atoms with Gasteiger partial charge >= 0.3 is 6.18 Å². The van der Waals surface area contributed by atoms with Gasteiger partial charge in [0.2, 0.25) is 5.91 Å². The van der Waals surface area contributed by atoms with E-state index in [0.717, 1.165) is 12.1 Å². The van der Waals surface area contributed by atoms with E-state index in [9.17, 15) is 26.7 Å². The van der Waals surface area contributed by atoms with Gasteiger partial charge < -0.3 is 5.32 Å². The van der Waals surface area contributed by atoms with Crippen molar-refractivity contribution in [3.63, 3.8) is 0 Å². The number of aromatic nitrogens is 1. The second-order valence-electron chi connectivity index (χ2n) is 8.03. The summed E-state index contributed by atoms with van der Waals surface area (Å²) in [5.74, 6) is -2.52. The molecule has 3 aromatic rings. The molecule has 1 N–H and O–H groups in total. The molecule has 1 unspecified atom stereocenters. The maximum Gasteiger partial charge on any atom is 0.416 e. The van der Waals surface area contributed by atoms with Crippen LogP contribution in [0.25, 0.3) is 0 Å². The van der Waals surface area contributed by atoms with Crippen molar-refractivity contribution in [3.05, 3.63) is 99.8 Å². The number of hydrogen-bond donors (Lipinski definition) is 1. The quantitative estimate of drug-likeness (QED) is 0.437. The maximum atomic E-state index is 14.7. The summed E-state index contributed by atoms with van der Waals surface area (Å²) in [7, 11) is 0. The summed E-state index contributed by atoms with van der Waals surface area (Å²) in [5.41, 5.74) is -3.01. The van der Waals surface area contributed by atoms with Crippen molar-refractivity contribution in [2.75, 3.05) is 0 Å². The minimum Gasteiger partial charge on any atom is -0.340 e. The van der Waals surface area contributed by atoms with Gasteiger partial charge in [-0.3, -0.25) is 9.78 Å². The fourth-order valence-corrected chi connectivity index (χ4v) is 3.85. The van der Waals surface area contributed by atoms with Crippen molar-refractivity contribution in [1.82, 2.24) is 10.3 Å². The van der Waals surface area contributed by atoms with Crippen LogP contribution in [0.1, 0.15) is 35.2 Å². The molecular weight excluding hydrogens is 463 g/mol. The third-order valence-corrected chi connectivity index (χ3v) is 5.80. The Hall–Kier alpha value is -3.00. The van der Waals surface area contributed by atoms with Gasteiger partial charge in [-0.2, -0.15) is 13.2 Å². The summed E-state index contributed by atoms with van der Waals surface area (Å²) in [6.07, 6.45) is -2.64. The Morgan fingerprint density at radius 2 is 1.73 bits per heavy atom. The topological polar surface area (TPSA) is 42.0 Å². The van der Waals surface area contributed by atoms with Crippen molar-refractivity contribution in [2.24, 2.45) is 5.92 Å². The summed E-state index contributed by atoms with van der Waals surface area (Å²) in [4.78, 5) is 17.1. The second kappa shape index (κ2) is 8.74. The molecule has 0 spiro atoms. The average Bonchev–Trinajstić information content (AvgIpc) is 3.60. The van der Waals surface area contributed by atoms with Crippen LogP contribution in [0.15, 0.2) is 60.8 Å². The van der Waals surface area contributed by atoms with Crippen LogP contribution in [0, 0.1) is 17.6 Å². The Kier molecular flexibility index (Phi) is 6.14. The van der Waals surface area contributed by atoms with E-state index in [-0.39, 0.29) is 34.2 Å². The van der Waals surface area contributed by atoms with E-state index in [0.29, 0.717) is 18.9 Å². The highest BCUT2D eigenvalue weighted by molar-refractivity contribution is 6.30. The molecule has 0 saturated heterocycles. The first-order chi connectivity index (χ1) is 15.6. The first kappa shape index (κ1) is 23.2. The van der Waals surface area contributed by atoms with Gasteiger partial charge in [0.15, 0.2) is 0 Å². The van der Waals surface area contributed by atoms with Crippen LogP contribution in [-0.4, -0.2) is 10.9 Å². The summed E-state index contributed by atoms with van der Waals surface area (Å²) < 4.78 is 69.7. The molecule has 1 atom stereocenters. The van der Waals surface area contributed by atoms with E-state index >= 15 is 0 Å². The highest BCUT2D eigenvalue weighted by Crippen LogP contribution is 2.39. The predicted octanol–water partition coefficient (Wildman–Crippen LogP) is 6.04. The first-order valence-corrected chi connectivity index (χ1v) is 10.5. The van der Waals surface area contributed by atoms with Crippen molar-refractivity contribution >= 4 is 17.5 Å². The van der Waals surface area contributed by atoms with Gasteiger partial charge in [0.1, 0.15) is 17.2 Å². The van der Waals surface area contributed by atoms with Crippen LogP contribution < -0.4 is 5.32 Å². The molecule has 9 heteroatoms. The number of nitrogens with zero attached hydrogens (tertiary/aromatic N) is 1. The van der Waals surface area contributed by atoms with Crippen LogP contribution in [0.2, 0.25) is 5.02 Å². The molecule has 0 bridgehead atoms. The number of hydrogen-bond acceptors (Lipinski definition) is 2. The van der Waals surface area contributed by atoms with E-state index in [1.54, 1.807) is 6.07 Å². The summed E-state index contributed by atoms with van der Waals surface area (Å²) in [6.45, 7) is 0. The molecule has 1 fully saturated rings. The number of benzene rings is 2. The van der Waals surface area contributed by atoms with Crippen molar-refractivity contribution in [3.8, 4) is 0 Å². The second-order valence-corrected chi connectivity index (χ2v) is 8.46. The zero-order valence-corrected chi connectivity index (χ0v) is 17.9. The molecule has 3 nitrogen and oxygen atoms in total. The lowest BCUT2D eigenvalue weighted by Crippen LogP contribution is -2.50. The fraction of sp³-hybridized carbons (Fsp3) is 0.250. The summed E-state index contributed by atoms with van der Waals surface area (Å²) >= 11 is 5.95. The third kappa shape index (κ3) is 5.00. The number of halogens is 6. The number of carbonyl (C=O) groups excluding carboxylic acids is 1. The molecular formula is C24H18ClF5N2O. The Balaban J connectivity index is 1.98. The Morgan fingerprint density at radius 1 is 1.03 bits per heavy atom. The fourth-order valence-electron chi connectivity index (χ4n) is 3.73. The van der Waals surface area contributed by atoms with E-state index in [2.05, 4.69) is 10.3 Å². The van der Waals surface area contributed by atoms with E-state index in [1.165, 1.54) is 36.5 Å². The molecule has 1 amide bonds. The summed E-state index contributed by atoms with van der Waals surface area (Å²) in [6, 6.07) is 10.6. The van der Waals surface area contributed by atoms with Gasteiger partial charge in [-0.1, -0.05) is 29.8 Å². The molecule has 33 heavy (non-hydrogen) atoms. The zero-order chi connectivity index (χ0) is 23.8. The normalized spacial score (nSPS) is 15.7. The molecule has 1 aromatic heterocycles. The Morgan fingerprint density at radius 3 is 2.33 bits per heavy atom. The number of rotatable bonds is 6. The maximum absolute atomic E-state index is 14.7. The lowest BCUT2D eigenvalue weighted by atomic mass is 9.79. The van der Waals surface area contributed by atoms with Gasteiger partial charge in [0.05, 0.1) is 16.3 Å². The largest absolute Gasteiger partial charge is 0.416 e. The Bertz CT molecular complexity index is 1180. The van der Waals surface area contributed by atoms with Gasteiger partial charge in [-0.05, 0) is 60.4 Å². The molecule has 0 aliphatic heterocycles. The molecule has 1 aliphatic rings. The summed E-state index contributed by atoms with van der Waals surface area (Å²) in [5, 5.41) is 3.03. The lowest BCUT2D eigenvalue weighted by molar-refractivity contribution is -0.137. The van der Waals surface area contributed by atoms with Crippen LogP contribution in [-0.2, 0) is 22.9 Å². The number of nitrogens with one attached hydrogen (secondary N) is 1. The molecule has 172 valence electrons. The molecule has 1 saturated carbocycles. The molecule has 2 aromatic carbocycles. The number of carbonyl (C=O) groups is 1. The van der Waals surface area contributed by atoms with Gasteiger partial charge in [0.25, 0.3) is 0 Å². The predicted molar refractivity (Wildman–Crippen MR) is 112 cm³/mol. The first-order valence-electron chi connectivity index (χ1n) is 10.1. The van der Waals surface area contributed by atoms with Crippen LogP contribution in [0.3, 0.4) is 0 Å². The van der Waals surface area contributed by atoms with Crippen LogP contribution in [0.4, 0.5) is 22.0 Å². The highest BCUT2D eigenvalue weighted by atomic mass is 35.5. The van der Waals surface area contributed by atoms with E-state index in [4.69, 9.17) is 11.6 Å². The molecule has 1 heterocycles. The minimum absolute atomic E-state index is 0.0999. The van der Waals surface area contributed by atoms with Gasteiger partial charge in [0, 0.05) is 18.5 Å². The minimum atomic E-state index is -4.84. The lowest BCUT2D eigenvalue weighted by Gasteiger charge is -2.36. The molecule has 4 rings (SSSR count). The van der Waals surface area contributed by atoms with Crippen molar-refractivity contribution in [2.45, 2.75) is 31.0 Å². The van der Waals surface area contributed by atoms with Crippen LogP contribution >= 0.6 is 11.6 Å². The molecule has 0 radical (unpaired) electrons. The zero-order valence-electron chi connectivity index (χ0n) is 17.1. The van der Waals surface area contributed by atoms with Crippen molar-refractivity contribution in [1.29, 1.82) is 0 Å². The number of pyridine rings is 1. The SMILES string of the molecule is O=C(NC(Cc1ccccc1F)(c1cc(F)cc(C(F)(F)F)c1)c1ccc(Cl)cn1)C1CC1. The van der Waals surface area contributed by atoms with E-state index < -0.39 is 34.8 Å². The molecule has 1 aliphatic carbocycles. The van der Waals surface area contributed by atoms with Gasteiger partial charge in [-0.25, -0.2) is 8.78 Å². The van der Waals surface area contributed by atoms with Crippen molar-refractivity contribution < 1.29 is 26.7 Å². The average molecular weight is 481 g/mol. The smallest absolute Gasteiger partial charge is 0.340 e. The van der Waals surface area contributed by atoms with E-state index in [1.807, 2.05) is 0 Å². The van der Waals surface area contributed by atoms with Crippen LogP contribution in [0.5, 0.6) is 0 Å². The number of alkyl halides is 3. The third-order valence-electron chi connectivity index (χ3n) is 5.58.